The zero-order valence-electron chi connectivity index (χ0n) is 14.9. The summed E-state index contributed by atoms with van der Waals surface area (Å²) in [6, 6.07) is 1.94. The third-order valence-electron chi connectivity index (χ3n) is 3.91. The van der Waals surface area contributed by atoms with E-state index in [1.165, 1.54) is 4.57 Å². The Labute approximate surface area is 162 Å². The number of thioether (sulfide) groups is 1. The second-order valence-corrected chi connectivity index (χ2v) is 8.03. The molecule has 0 saturated heterocycles. The van der Waals surface area contributed by atoms with Gasteiger partial charge in [-0.05, 0) is 41.8 Å². The molecule has 3 rings (SSSR count). The number of rotatable bonds is 5. The first-order chi connectivity index (χ1) is 12.3. The molecule has 1 atom stereocenters. The maximum Gasteiger partial charge on any atom is 0.329 e. The fraction of sp³-hybridized carbons (Fsp3) is 0.438. The monoisotopic (exact) mass is 438 g/mol. The predicted molar refractivity (Wildman–Crippen MR) is 105 cm³/mol. The second kappa shape index (κ2) is 7.36. The first kappa shape index (κ1) is 18.8. The van der Waals surface area contributed by atoms with E-state index in [0.29, 0.717) is 22.4 Å². The van der Waals surface area contributed by atoms with E-state index in [1.807, 2.05) is 19.9 Å². The minimum Gasteiger partial charge on any atom is -0.312 e. The van der Waals surface area contributed by atoms with Crippen LogP contribution in [0.15, 0.2) is 25.5 Å². The molecular weight excluding hydrogens is 420 g/mol. The second-order valence-electron chi connectivity index (χ2n) is 6.33. The van der Waals surface area contributed by atoms with Crippen LogP contribution in [0.25, 0.3) is 11.2 Å². The number of aryl methyl sites for hydroxylation is 3. The number of nitrogens with zero attached hydrogens (tertiary/aromatic N) is 5. The van der Waals surface area contributed by atoms with Gasteiger partial charge in [0.15, 0.2) is 21.1 Å². The van der Waals surface area contributed by atoms with Crippen molar-refractivity contribution in [2.45, 2.75) is 32.5 Å². The van der Waals surface area contributed by atoms with Gasteiger partial charge in [0.05, 0.1) is 0 Å². The largest absolute Gasteiger partial charge is 0.329 e. The fourth-order valence-corrected chi connectivity index (χ4v) is 4.16. The quantitative estimate of drug-likeness (QED) is 0.371. The van der Waals surface area contributed by atoms with Gasteiger partial charge in [-0.1, -0.05) is 18.7 Å². The summed E-state index contributed by atoms with van der Waals surface area (Å²) in [6.45, 7) is 6.57. The number of halogens is 1. The molecule has 3 aromatic rings. The molecule has 138 valence electrons. The Bertz CT molecular complexity index is 1070. The Morgan fingerprint density at radius 2 is 1.88 bits per heavy atom. The average molecular weight is 439 g/mol. The molecular formula is C16H19BrN6O2S. The van der Waals surface area contributed by atoms with Gasteiger partial charge in [-0.3, -0.25) is 14.3 Å². The number of imidazole rings is 1. The third kappa shape index (κ3) is 3.75. The summed E-state index contributed by atoms with van der Waals surface area (Å²) in [5.41, 5.74) is 1.74. The van der Waals surface area contributed by atoms with Crippen LogP contribution >= 0.6 is 27.7 Å². The van der Waals surface area contributed by atoms with Gasteiger partial charge < -0.3 is 4.57 Å². The minimum absolute atomic E-state index is 0.231. The van der Waals surface area contributed by atoms with Crippen LogP contribution in [0.1, 0.15) is 18.3 Å². The summed E-state index contributed by atoms with van der Waals surface area (Å²) in [4.78, 5) is 39.5. The van der Waals surface area contributed by atoms with Crippen LogP contribution in [0, 0.1) is 19.8 Å². The smallest absolute Gasteiger partial charge is 0.312 e. The Morgan fingerprint density at radius 1 is 1.23 bits per heavy atom. The summed E-state index contributed by atoms with van der Waals surface area (Å²) in [7, 11) is 1.58. The van der Waals surface area contributed by atoms with Crippen molar-refractivity contribution in [1.29, 1.82) is 0 Å². The molecule has 10 heteroatoms. The van der Waals surface area contributed by atoms with E-state index in [9.17, 15) is 9.59 Å². The molecule has 0 aromatic carbocycles. The molecule has 0 saturated carbocycles. The van der Waals surface area contributed by atoms with Crippen molar-refractivity contribution in [3.8, 4) is 0 Å². The van der Waals surface area contributed by atoms with Gasteiger partial charge >= 0.3 is 5.69 Å². The van der Waals surface area contributed by atoms with Gasteiger partial charge in [-0.2, -0.15) is 0 Å². The number of aromatic amines is 1. The van der Waals surface area contributed by atoms with Gasteiger partial charge in [0.25, 0.3) is 5.56 Å². The maximum atomic E-state index is 12.2. The molecule has 0 amide bonds. The molecule has 0 unspecified atom stereocenters. The van der Waals surface area contributed by atoms with Crippen LogP contribution in [-0.4, -0.2) is 34.8 Å². The molecule has 0 fully saturated rings. The van der Waals surface area contributed by atoms with Crippen LogP contribution in [-0.2, 0) is 13.6 Å². The van der Waals surface area contributed by atoms with E-state index < -0.39 is 11.2 Å². The van der Waals surface area contributed by atoms with E-state index in [0.717, 1.165) is 22.3 Å². The van der Waals surface area contributed by atoms with Crippen LogP contribution < -0.4 is 11.2 Å². The topological polar surface area (TPSA) is 98.5 Å². The molecule has 0 aliphatic rings. The number of nitrogens with one attached hydrogen (secondary N) is 1. The number of hydrogen-bond acceptors (Lipinski definition) is 6. The summed E-state index contributed by atoms with van der Waals surface area (Å²) in [5, 5.41) is 0.754. The lowest BCUT2D eigenvalue weighted by atomic mass is 10.2. The van der Waals surface area contributed by atoms with Gasteiger partial charge in [-0.15, -0.1) is 0 Å². The van der Waals surface area contributed by atoms with E-state index >= 15 is 0 Å². The first-order valence-corrected chi connectivity index (χ1v) is 9.84. The van der Waals surface area contributed by atoms with E-state index in [4.69, 9.17) is 0 Å². The lowest BCUT2D eigenvalue weighted by Crippen LogP contribution is -2.29. The summed E-state index contributed by atoms with van der Waals surface area (Å²) < 4.78 is 3.65. The third-order valence-corrected chi connectivity index (χ3v) is 5.70. The van der Waals surface area contributed by atoms with Crippen molar-refractivity contribution in [2.24, 2.45) is 13.0 Å². The van der Waals surface area contributed by atoms with Crippen LogP contribution in [0.4, 0.5) is 0 Å². The van der Waals surface area contributed by atoms with Gasteiger partial charge in [-0.25, -0.2) is 19.7 Å². The normalized spacial score (nSPS) is 12.7. The van der Waals surface area contributed by atoms with Crippen molar-refractivity contribution >= 4 is 38.9 Å². The SMILES string of the molecule is Cc1cc(C)nc(SC[C@@H](C)Cn2c(Br)nc3c2c(=O)[nH]c(=O)n3C)n1. The number of aromatic nitrogens is 6. The zero-order chi connectivity index (χ0) is 19.0. The van der Waals surface area contributed by atoms with Gasteiger partial charge in [0, 0.05) is 30.7 Å². The first-order valence-electron chi connectivity index (χ1n) is 8.06. The average Bonchev–Trinajstić information content (AvgIpc) is 2.87. The van der Waals surface area contributed by atoms with Crippen molar-refractivity contribution < 1.29 is 0 Å². The lowest BCUT2D eigenvalue weighted by molar-refractivity contribution is 0.532. The Balaban J connectivity index is 1.82. The highest BCUT2D eigenvalue weighted by molar-refractivity contribution is 9.10. The van der Waals surface area contributed by atoms with E-state index in [2.05, 4.69) is 42.8 Å². The Kier molecular flexibility index (Phi) is 5.33. The van der Waals surface area contributed by atoms with Crippen molar-refractivity contribution in [1.82, 2.24) is 29.1 Å². The molecule has 0 aliphatic heterocycles. The molecule has 1 N–H and O–H groups in total. The summed E-state index contributed by atoms with van der Waals surface area (Å²) in [5.74, 6) is 1.02. The molecule has 3 heterocycles. The van der Waals surface area contributed by atoms with Crippen LogP contribution in [0.3, 0.4) is 0 Å². The van der Waals surface area contributed by atoms with Gasteiger partial charge in [0.1, 0.15) is 0 Å². The van der Waals surface area contributed by atoms with E-state index in [1.54, 1.807) is 23.4 Å². The van der Waals surface area contributed by atoms with Crippen molar-refractivity contribution in [3.63, 3.8) is 0 Å². The predicted octanol–water partition coefficient (Wildman–Crippen LogP) is 2.02. The van der Waals surface area contributed by atoms with Crippen LogP contribution in [0.5, 0.6) is 0 Å². The maximum absolute atomic E-state index is 12.2. The highest BCUT2D eigenvalue weighted by Gasteiger charge is 2.18. The zero-order valence-corrected chi connectivity index (χ0v) is 17.3. The highest BCUT2D eigenvalue weighted by atomic mass is 79.9. The van der Waals surface area contributed by atoms with E-state index in [-0.39, 0.29) is 5.92 Å². The molecule has 8 nitrogen and oxygen atoms in total. The van der Waals surface area contributed by atoms with Crippen molar-refractivity contribution in [3.05, 3.63) is 43.0 Å². The van der Waals surface area contributed by atoms with Crippen LogP contribution in [0.2, 0.25) is 0 Å². The number of hydrogen-bond donors (Lipinski definition) is 1. The molecule has 0 aliphatic carbocycles. The fourth-order valence-electron chi connectivity index (χ4n) is 2.71. The molecule has 26 heavy (non-hydrogen) atoms. The summed E-state index contributed by atoms with van der Waals surface area (Å²) in [6.07, 6.45) is 0. The Hall–Kier alpha value is -1.94. The lowest BCUT2D eigenvalue weighted by Gasteiger charge is -2.13. The molecule has 3 aromatic heterocycles. The Morgan fingerprint density at radius 3 is 2.54 bits per heavy atom. The minimum atomic E-state index is -0.477. The van der Waals surface area contributed by atoms with Crippen molar-refractivity contribution in [2.75, 3.05) is 5.75 Å². The summed E-state index contributed by atoms with van der Waals surface area (Å²) >= 11 is 4.99. The highest BCUT2D eigenvalue weighted by Crippen LogP contribution is 2.22. The van der Waals surface area contributed by atoms with Gasteiger partial charge in [0.2, 0.25) is 0 Å². The molecule has 0 spiro atoms. The number of fused-ring (bicyclic) bond motifs is 1. The molecule has 0 bridgehead atoms. The standard InChI is InChI=1S/C16H19BrN6O2S/c1-8(7-26-15-18-9(2)5-10(3)19-15)6-23-11-12(20-14(23)17)22(4)16(25)21-13(11)24/h5,8H,6-7H2,1-4H3,(H,21,24,25)/t8-/m0/s1. The number of H-pyrrole nitrogens is 1. The molecule has 0 radical (unpaired) electrons.